The van der Waals surface area contributed by atoms with Gasteiger partial charge in [0.2, 0.25) is 0 Å². The number of nitrogens with one attached hydrogen (secondary N) is 1. The number of hydrogen-bond donors (Lipinski definition) is 2. The Kier molecular flexibility index (Phi) is 10.9. The van der Waals surface area contributed by atoms with Crippen molar-refractivity contribution in [3.05, 3.63) is 64.1 Å². The zero-order valence-electron chi connectivity index (χ0n) is 27.2. The summed E-state index contributed by atoms with van der Waals surface area (Å²) >= 11 is 0. The molecule has 1 atom stereocenters. The normalized spacial score (nSPS) is 14.2. The van der Waals surface area contributed by atoms with Gasteiger partial charge in [-0.05, 0) is 101 Å². The van der Waals surface area contributed by atoms with Gasteiger partial charge in [0.15, 0.2) is 0 Å². The van der Waals surface area contributed by atoms with Crippen molar-refractivity contribution >= 4 is 0 Å². The van der Waals surface area contributed by atoms with Crippen molar-refractivity contribution in [3.8, 4) is 5.75 Å². The van der Waals surface area contributed by atoms with E-state index in [9.17, 15) is 5.11 Å². The fourth-order valence-corrected chi connectivity index (χ4v) is 4.35. The second kappa shape index (κ2) is 16.0. The van der Waals surface area contributed by atoms with E-state index in [1.807, 2.05) is 13.0 Å². The van der Waals surface area contributed by atoms with Crippen molar-refractivity contribution in [1.82, 2.24) is 5.32 Å². The average molecular weight is 504 g/mol. The molecule has 0 aromatic heterocycles. The van der Waals surface area contributed by atoms with Gasteiger partial charge in [-0.1, -0.05) is 37.0 Å². The molecule has 2 N–H and O–H groups in total. The van der Waals surface area contributed by atoms with Crippen LogP contribution in [0.15, 0.2) is 36.3 Å². The fraction of sp³-hybridized carbons (Fsp3) is 0.613. The van der Waals surface area contributed by atoms with Crippen LogP contribution >= 0.6 is 0 Å². The highest BCUT2D eigenvalue weighted by molar-refractivity contribution is 5.47. The zero-order chi connectivity index (χ0) is 29.9. The van der Waals surface area contributed by atoms with Crippen LogP contribution in [0.1, 0.15) is 91.8 Å². The summed E-state index contributed by atoms with van der Waals surface area (Å²) in [7, 11) is 3.34. The summed E-state index contributed by atoms with van der Waals surface area (Å²) in [4.78, 5) is 0. The summed E-state index contributed by atoms with van der Waals surface area (Å²) in [6.07, 6.45) is 6.58. The van der Waals surface area contributed by atoms with Crippen LogP contribution in [-0.4, -0.2) is 45.6 Å². The van der Waals surface area contributed by atoms with Crippen LogP contribution in [0.5, 0.6) is 5.75 Å². The van der Waals surface area contributed by atoms with E-state index in [0.29, 0.717) is 30.9 Å². The maximum absolute atomic E-state index is 10.6. The molecule has 0 heterocycles. The van der Waals surface area contributed by atoms with Gasteiger partial charge >= 0.3 is 0 Å². The van der Waals surface area contributed by atoms with Gasteiger partial charge in [-0.15, -0.1) is 0 Å². The monoisotopic (exact) mass is 503 g/mol. The molecule has 0 saturated carbocycles. The Balaban J connectivity index is 1.60. The Hall–Kier alpha value is -1.92. The van der Waals surface area contributed by atoms with Crippen LogP contribution < -0.4 is 10.1 Å². The molecule has 2 aromatic carbocycles. The molecule has 2 rings (SSSR count). The molecular weight excluding hydrogens is 450 g/mol. The van der Waals surface area contributed by atoms with Crippen molar-refractivity contribution in [2.75, 3.05) is 40.5 Å². The van der Waals surface area contributed by atoms with Gasteiger partial charge in [-0.3, -0.25) is 0 Å². The predicted molar refractivity (Wildman–Crippen MR) is 149 cm³/mol. The van der Waals surface area contributed by atoms with E-state index in [2.05, 4.69) is 11.4 Å². The zero-order valence-corrected chi connectivity index (χ0v) is 23.2. The standard InChI is InChI=1S/C31H49NO4/c1-24-15-9-10-16-26(24)17-11-14-20-36-19-13-8-7-12-18-32-23-29(34-5)27-21-25(2)30(35-6)28(22-27)31(3,4)33/h9-10,15-16,21-22,29,32-33H,7-8,11-14,17-20,23H2,1-6H3/i9D,10D,15D,16D. The molecule has 1 unspecified atom stereocenters. The van der Waals surface area contributed by atoms with Gasteiger partial charge in [0.25, 0.3) is 0 Å². The first-order valence-electron chi connectivity index (χ1n) is 15.2. The first kappa shape index (κ1) is 24.4. The van der Waals surface area contributed by atoms with E-state index in [-0.39, 0.29) is 30.3 Å². The molecule has 36 heavy (non-hydrogen) atoms. The number of aryl methyl sites for hydroxylation is 1. The first-order chi connectivity index (χ1) is 18.9. The molecule has 0 spiro atoms. The van der Waals surface area contributed by atoms with Crippen molar-refractivity contribution in [2.45, 2.75) is 84.3 Å². The van der Waals surface area contributed by atoms with E-state index in [1.165, 1.54) is 0 Å². The highest BCUT2D eigenvalue weighted by atomic mass is 16.5. The number of ether oxygens (including phenoxy) is 3. The highest BCUT2D eigenvalue weighted by Gasteiger charge is 2.25. The molecule has 5 nitrogen and oxygen atoms in total. The number of unbranched alkanes of at least 4 members (excludes halogenated alkanes) is 4. The molecule has 5 heteroatoms. The van der Waals surface area contributed by atoms with Gasteiger partial charge < -0.3 is 24.6 Å². The van der Waals surface area contributed by atoms with Crippen molar-refractivity contribution < 1.29 is 24.8 Å². The van der Waals surface area contributed by atoms with Gasteiger partial charge in [0, 0.05) is 32.4 Å². The molecule has 0 aliphatic carbocycles. The van der Waals surface area contributed by atoms with Gasteiger partial charge in [0.05, 0.1) is 24.3 Å². The number of rotatable bonds is 18. The number of methoxy groups -OCH3 is 2. The lowest BCUT2D eigenvalue weighted by molar-refractivity contribution is 0.0740. The first-order valence-corrected chi connectivity index (χ1v) is 13.2. The summed E-state index contributed by atoms with van der Waals surface area (Å²) in [5.41, 5.74) is 3.11. The largest absolute Gasteiger partial charge is 0.496 e. The summed E-state index contributed by atoms with van der Waals surface area (Å²) in [6, 6.07) is 3.88. The Bertz CT molecular complexity index is 1060. The summed E-state index contributed by atoms with van der Waals surface area (Å²) in [5, 5.41) is 14.1. The van der Waals surface area contributed by atoms with Gasteiger partial charge in [-0.25, -0.2) is 0 Å². The Morgan fingerprint density at radius 2 is 1.64 bits per heavy atom. The lowest BCUT2D eigenvalue weighted by Gasteiger charge is -2.25. The Morgan fingerprint density at radius 1 is 0.944 bits per heavy atom. The van der Waals surface area contributed by atoms with Crippen molar-refractivity contribution in [1.29, 1.82) is 0 Å². The smallest absolute Gasteiger partial charge is 0.127 e. The fourth-order valence-electron chi connectivity index (χ4n) is 4.35. The molecule has 0 saturated heterocycles. The highest BCUT2D eigenvalue weighted by Crippen LogP contribution is 2.35. The second-order valence-electron chi connectivity index (χ2n) is 9.99. The quantitative estimate of drug-likeness (QED) is 0.230. The third kappa shape index (κ3) is 10.2. The van der Waals surface area contributed by atoms with Crippen LogP contribution in [-0.2, 0) is 21.5 Å². The maximum Gasteiger partial charge on any atom is 0.127 e. The third-order valence-corrected chi connectivity index (χ3v) is 6.48. The van der Waals surface area contributed by atoms with Crippen molar-refractivity contribution in [2.24, 2.45) is 0 Å². The van der Waals surface area contributed by atoms with E-state index in [1.54, 1.807) is 35.0 Å². The van der Waals surface area contributed by atoms with Crippen LogP contribution in [0, 0.1) is 13.8 Å². The van der Waals surface area contributed by atoms with Gasteiger partial charge in [0.1, 0.15) is 5.75 Å². The van der Waals surface area contributed by atoms with E-state index in [4.69, 9.17) is 19.7 Å². The molecule has 0 aliphatic heterocycles. The van der Waals surface area contributed by atoms with Gasteiger partial charge in [-0.2, -0.15) is 0 Å². The Morgan fingerprint density at radius 3 is 2.33 bits per heavy atom. The molecular formula is C31H49NO4. The molecule has 0 bridgehead atoms. The summed E-state index contributed by atoms with van der Waals surface area (Å²) in [6.45, 7) is 10.3. The third-order valence-electron chi connectivity index (χ3n) is 6.48. The maximum atomic E-state index is 10.6. The predicted octanol–water partition coefficient (Wildman–Crippen LogP) is 6.42. The minimum atomic E-state index is -1.01. The number of benzene rings is 2. The topological polar surface area (TPSA) is 60.0 Å². The lowest BCUT2D eigenvalue weighted by atomic mass is 9.91. The molecule has 0 aliphatic rings. The van der Waals surface area contributed by atoms with E-state index >= 15 is 0 Å². The second-order valence-corrected chi connectivity index (χ2v) is 9.99. The summed E-state index contributed by atoms with van der Waals surface area (Å²) in [5.74, 6) is 0.712. The minimum absolute atomic E-state index is 0.0639. The molecule has 0 radical (unpaired) electrons. The molecule has 0 amide bonds. The van der Waals surface area contributed by atoms with Crippen molar-refractivity contribution in [3.63, 3.8) is 0 Å². The van der Waals surface area contributed by atoms with Crippen LogP contribution in [0.2, 0.25) is 0 Å². The van der Waals surface area contributed by atoms with Crippen LogP contribution in [0.25, 0.3) is 0 Å². The minimum Gasteiger partial charge on any atom is -0.496 e. The molecule has 0 fully saturated rings. The number of hydrogen-bond acceptors (Lipinski definition) is 5. The van der Waals surface area contributed by atoms with E-state index in [0.717, 1.165) is 73.9 Å². The Labute approximate surface area is 225 Å². The molecule has 2 aromatic rings. The number of aliphatic hydroxyl groups is 1. The summed E-state index contributed by atoms with van der Waals surface area (Å²) < 4.78 is 48.7. The van der Waals surface area contributed by atoms with E-state index < -0.39 is 5.60 Å². The average Bonchev–Trinajstić information content (AvgIpc) is 2.91. The SMILES string of the molecule is [2H]c1c([2H])c([2H])c(CCCCOCCCCCCNCC(OC)c2cc(C)c(OC)c(C(C)(C)O)c2)c(C)c1[2H]. The lowest BCUT2D eigenvalue weighted by Crippen LogP contribution is -2.25. The van der Waals surface area contributed by atoms with Crippen LogP contribution in [0.4, 0.5) is 0 Å². The molecule has 202 valence electrons. The van der Waals surface area contributed by atoms with Crippen LogP contribution in [0.3, 0.4) is 0 Å².